The summed E-state index contributed by atoms with van der Waals surface area (Å²) in [6.45, 7) is 3.98. The van der Waals surface area contributed by atoms with E-state index in [-0.39, 0.29) is 12.0 Å². The standard InChI is InChI=1S/C13H13N3O2/c1-9(10-7-5-4-6-8-10)11-14-12(17-2)16-13(15-11)18-3/h4-8H,1H2,2-3H3. The summed E-state index contributed by atoms with van der Waals surface area (Å²) < 4.78 is 10.0. The van der Waals surface area contributed by atoms with Crippen LogP contribution in [0.1, 0.15) is 11.4 Å². The Balaban J connectivity index is 2.41. The third-order valence-corrected chi connectivity index (χ3v) is 2.35. The first kappa shape index (κ1) is 12.0. The minimum absolute atomic E-state index is 0.203. The van der Waals surface area contributed by atoms with Crippen LogP contribution in [0, 0.1) is 0 Å². The summed E-state index contributed by atoms with van der Waals surface area (Å²) in [4.78, 5) is 12.2. The second-order valence-electron chi connectivity index (χ2n) is 3.48. The van der Waals surface area contributed by atoms with Crippen LogP contribution in [0.3, 0.4) is 0 Å². The molecule has 0 fully saturated rings. The van der Waals surface area contributed by atoms with Gasteiger partial charge in [0.2, 0.25) is 0 Å². The summed E-state index contributed by atoms with van der Waals surface area (Å²) in [5.41, 5.74) is 1.63. The monoisotopic (exact) mass is 243 g/mol. The molecule has 2 rings (SSSR count). The largest absolute Gasteiger partial charge is 0.467 e. The summed E-state index contributed by atoms with van der Waals surface area (Å²) in [7, 11) is 2.98. The highest BCUT2D eigenvalue weighted by atomic mass is 16.5. The molecule has 0 saturated carbocycles. The zero-order chi connectivity index (χ0) is 13.0. The van der Waals surface area contributed by atoms with Crippen molar-refractivity contribution in [1.82, 2.24) is 15.0 Å². The van der Waals surface area contributed by atoms with E-state index in [2.05, 4.69) is 21.5 Å². The molecule has 92 valence electrons. The van der Waals surface area contributed by atoms with E-state index in [9.17, 15) is 0 Å². The fraction of sp³-hybridized carbons (Fsp3) is 0.154. The summed E-state index contributed by atoms with van der Waals surface area (Å²) in [5, 5.41) is 0. The lowest BCUT2D eigenvalue weighted by atomic mass is 10.1. The Labute approximate surface area is 105 Å². The third-order valence-electron chi connectivity index (χ3n) is 2.35. The van der Waals surface area contributed by atoms with Gasteiger partial charge in [0.15, 0.2) is 5.82 Å². The van der Waals surface area contributed by atoms with Gasteiger partial charge in [0.1, 0.15) is 0 Å². The third kappa shape index (κ3) is 2.45. The Morgan fingerprint density at radius 2 is 1.50 bits per heavy atom. The van der Waals surface area contributed by atoms with Crippen LogP contribution in [-0.4, -0.2) is 29.2 Å². The van der Waals surface area contributed by atoms with Gasteiger partial charge < -0.3 is 9.47 Å². The second-order valence-corrected chi connectivity index (χ2v) is 3.48. The van der Waals surface area contributed by atoms with Gasteiger partial charge in [0.05, 0.1) is 14.2 Å². The van der Waals surface area contributed by atoms with Gasteiger partial charge in [0.25, 0.3) is 0 Å². The van der Waals surface area contributed by atoms with Crippen LogP contribution >= 0.6 is 0 Å². The van der Waals surface area contributed by atoms with E-state index in [1.807, 2.05) is 30.3 Å². The summed E-state index contributed by atoms with van der Waals surface area (Å²) in [6, 6.07) is 10.1. The highest BCUT2D eigenvalue weighted by Gasteiger charge is 2.11. The maximum absolute atomic E-state index is 5.00. The highest BCUT2D eigenvalue weighted by Crippen LogP contribution is 2.20. The lowest BCUT2D eigenvalue weighted by Gasteiger charge is -2.07. The summed E-state index contributed by atoms with van der Waals surface area (Å²) in [6.07, 6.45) is 0. The van der Waals surface area contributed by atoms with Crippen LogP contribution in [0.2, 0.25) is 0 Å². The van der Waals surface area contributed by atoms with Crippen molar-refractivity contribution in [3.05, 3.63) is 48.3 Å². The lowest BCUT2D eigenvalue weighted by Crippen LogP contribution is -2.03. The molecular formula is C13H13N3O2. The van der Waals surface area contributed by atoms with Crippen molar-refractivity contribution in [2.45, 2.75) is 0 Å². The smallest absolute Gasteiger partial charge is 0.322 e. The van der Waals surface area contributed by atoms with Gasteiger partial charge >= 0.3 is 12.0 Å². The molecule has 0 radical (unpaired) electrons. The van der Waals surface area contributed by atoms with Crippen molar-refractivity contribution in [1.29, 1.82) is 0 Å². The molecule has 1 aromatic heterocycles. The van der Waals surface area contributed by atoms with Gasteiger partial charge in [-0.3, -0.25) is 0 Å². The van der Waals surface area contributed by atoms with Crippen LogP contribution < -0.4 is 9.47 Å². The average molecular weight is 243 g/mol. The Morgan fingerprint density at radius 3 is 2.00 bits per heavy atom. The Bertz CT molecular complexity index is 533. The summed E-state index contributed by atoms with van der Waals surface area (Å²) in [5.74, 6) is 0.435. The van der Waals surface area contributed by atoms with Crippen LogP contribution in [0.5, 0.6) is 12.0 Å². The van der Waals surface area contributed by atoms with E-state index in [0.717, 1.165) is 5.56 Å². The number of methoxy groups -OCH3 is 2. The van der Waals surface area contributed by atoms with Crippen molar-refractivity contribution in [2.24, 2.45) is 0 Å². The van der Waals surface area contributed by atoms with Crippen molar-refractivity contribution < 1.29 is 9.47 Å². The first-order chi connectivity index (χ1) is 8.74. The number of rotatable bonds is 4. The maximum Gasteiger partial charge on any atom is 0.322 e. The molecule has 1 heterocycles. The quantitative estimate of drug-likeness (QED) is 0.821. The number of ether oxygens (including phenoxy) is 2. The van der Waals surface area contributed by atoms with E-state index >= 15 is 0 Å². The SMILES string of the molecule is C=C(c1ccccc1)c1nc(OC)nc(OC)n1. The second kappa shape index (κ2) is 5.27. The molecule has 0 atom stereocenters. The predicted molar refractivity (Wildman–Crippen MR) is 67.5 cm³/mol. The summed E-state index contributed by atoms with van der Waals surface area (Å²) >= 11 is 0. The van der Waals surface area contributed by atoms with E-state index in [1.54, 1.807) is 0 Å². The normalized spacial score (nSPS) is 9.89. The molecular weight excluding hydrogens is 230 g/mol. The zero-order valence-electron chi connectivity index (χ0n) is 10.3. The molecule has 0 saturated heterocycles. The molecule has 0 N–H and O–H groups in total. The molecule has 0 aliphatic heterocycles. The van der Waals surface area contributed by atoms with Gasteiger partial charge in [-0.1, -0.05) is 36.9 Å². The number of benzene rings is 1. The maximum atomic E-state index is 5.00. The number of hydrogen-bond acceptors (Lipinski definition) is 5. The van der Waals surface area contributed by atoms with E-state index in [0.29, 0.717) is 11.4 Å². The minimum atomic E-state index is 0.203. The molecule has 18 heavy (non-hydrogen) atoms. The molecule has 1 aromatic carbocycles. The predicted octanol–water partition coefficient (Wildman–Crippen LogP) is 1.95. The number of hydrogen-bond donors (Lipinski definition) is 0. The number of nitrogens with zero attached hydrogens (tertiary/aromatic N) is 3. The molecule has 0 bridgehead atoms. The molecule has 0 unspecified atom stereocenters. The van der Waals surface area contributed by atoms with Gasteiger partial charge in [-0.05, 0) is 5.56 Å². The minimum Gasteiger partial charge on any atom is -0.467 e. The Hall–Kier alpha value is -2.43. The van der Waals surface area contributed by atoms with Gasteiger partial charge in [-0.15, -0.1) is 4.98 Å². The van der Waals surface area contributed by atoms with Gasteiger partial charge in [0, 0.05) is 5.57 Å². The molecule has 5 heteroatoms. The van der Waals surface area contributed by atoms with Crippen LogP contribution in [-0.2, 0) is 0 Å². The highest BCUT2D eigenvalue weighted by molar-refractivity contribution is 5.74. The lowest BCUT2D eigenvalue weighted by molar-refractivity contribution is 0.339. The average Bonchev–Trinajstić information content (AvgIpc) is 2.46. The van der Waals surface area contributed by atoms with Crippen molar-refractivity contribution in [3.63, 3.8) is 0 Å². The zero-order valence-corrected chi connectivity index (χ0v) is 10.3. The van der Waals surface area contributed by atoms with Gasteiger partial charge in [-0.25, -0.2) is 0 Å². The fourth-order valence-corrected chi connectivity index (χ4v) is 1.42. The first-order valence-corrected chi connectivity index (χ1v) is 5.33. The molecule has 5 nitrogen and oxygen atoms in total. The topological polar surface area (TPSA) is 57.1 Å². The first-order valence-electron chi connectivity index (χ1n) is 5.33. The van der Waals surface area contributed by atoms with Crippen LogP contribution in [0.25, 0.3) is 5.57 Å². The van der Waals surface area contributed by atoms with Crippen molar-refractivity contribution in [3.8, 4) is 12.0 Å². The van der Waals surface area contributed by atoms with E-state index in [4.69, 9.17) is 9.47 Å². The molecule has 0 aliphatic carbocycles. The Morgan fingerprint density at radius 1 is 0.944 bits per heavy atom. The van der Waals surface area contributed by atoms with Gasteiger partial charge in [-0.2, -0.15) is 9.97 Å². The molecule has 2 aromatic rings. The van der Waals surface area contributed by atoms with E-state index < -0.39 is 0 Å². The molecule has 0 aliphatic rings. The van der Waals surface area contributed by atoms with Crippen LogP contribution in [0.15, 0.2) is 36.9 Å². The Kier molecular flexibility index (Phi) is 3.52. The van der Waals surface area contributed by atoms with Crippen molar-refractivity contribution >= 4 is 5.57 Å². The fourth-order valence-electron chi connectivity index (χ4n) is 1.42. The molecule has 0 amide bonds. The molecule has 0 spiro atoms. The van der Waals surface area contributed by atoms with Crippen LogP contribution in [0.4, 0.5) is 0 Å². The van der Waals surface area contributed by atoms with E-state index in [1.165, 1.54) is 14.2 Å². The number of aromatic nitrogens is 3. The van der Waals surface area contributed by atoms with Crippen molar-refractivity contribution in [2.75, 3.05) is 14.2 Å².